The third kappa shape index (κ3) is 3.83. The molecule has 116 valence electrons. The smallest absolute Gasteiger partial charge is 0.241 e. The highest BCUT2D eigenvalue weighted by Gasteiger charge is 2.37. The number of amides is 1. The highest BCUT2D eigenvalue weighted by atomic mass is 16.5. The van der Waals surface area contributed by atoms with Crippen molar-refractivity contribution >= 4 is 5.91 Å². The fourth-order valence-corrected chi connectivity index (χ4v) is 2.72. The average molecular weight is 290 g/mol. The maximum atomic E-state index is 12.5. The molecule has 1 aromatic carbocycles. The van der Waals surface area contributed by atoms with Crippen LogP contribution in [0.4, 0.5) is 0 Å². The van der Waals surface area contributed by atoms with Gasteiger partial charge >= 0.3 is 0 Å². The summed E-state index contributed by atoms with van der Waals surface area (Å²) in [5, 5.41) is 3.45. The van der Waals surface area contributed by atoms with E-state index in [1.54, 1.807) is 0 Å². The van der Waals surface area contributed by atoms with E-state index in [-0.39, 0.29) is 18.1 Å². The maximum absolute atomic E-state index is 12.5. The number of carbonyl (C=O) groups excluding carboxylic acids is 1. The van der Waals surface area contributed by atoms with Crippen molar-refractivity contribution in [3.63, 3.8) is 0 Å². The first-order chi connectivity index (χ1) is 10.2. The third-order valence-corrected chi connectivity index (χ3v) is 3.95. The Kier molecular flexibility index (Phi) is 5.76. The maximum Gasteiger partial charge on any atom is 0.241 e. The van der Waals surface area contributed by atoms with Crippen LogP contribution in [0.1, 0.15) is 44.0 Å². The van der Waals surface area contributed by atoms with Crippen LogP contribution in [0.15, 0.2) is 24.3 Å². The topological polar surface area (TPSA) is 41.6 Å². The second-order valence-corrected chi connectivity index (χ2v) is 5.52. The molecule has 1 aromatic rings. The van der Waals surface area contributed by atoms with Gasteiger partial charge in [0, 0.05) is 19.8 Å². The molecule has 4 heteroatoms. The first-order valence-corrected chi connectivity index (χ1v) is 7.88. The zero-order valence-corrected chi connectivity index (χ0v) is 13.3. The zero-order valence-electron chi connectivity index (χ0n) is 13.3. The molecule has 4 nitrogen and oxygen atoms in total. The van der Waals surface area contributed by atoms with Crippen LogP contribution in [0.2, 0.25) is 0 Å². The van der Waals surface area contributed by atoms with Crippen LogP contribution in [0.25, 0.3) is 0 Å². The molecule has 1 heterocycles. The van der Waals surface area contributed by atoms with E-state index >= 15 is 0 Å². The molecule has 2 unspecified atom stereocenters. The quantitative estimate of drug-likeness (QED) is 0.785. The minimum absolute atomic E-state index is 0.00956. The summed E-state index contributed by atoms with van der Waals surface area (Å²) in [5.41, 5.74) is 2.39. The average Bonchev–Trinajstić information content (AvgIpc) is 2.81. The van der Waals surface area contributed by atoms with Crippen molar-refractivity contribution < 1.29 is 9.53 Å². The van der Waals surface area contributed by atoms with E-state index in [0.717, 1.165) is 31.6 Å². The number of rotatable bonds is 7. The number of hydrogen-bond acceptors (Lipinski definition) is 3. The molecule has 21 heavy (non-hydrogen) atoms. The molecule has 1 fully saturated rings. The van der Waals surface area contributed by atoms with Gasteiger partial charge in [0.05, 0.1) is 6.04 Å². The summed E-state index contributed by atoms with van der Waals surface area (Å²) in [6.45, 7) is 8.28. The molecule has 1 aliphatic rings. The molecular weight excluding hydrogens is 264 g/mol. The Balaban J connectivity index is 2.08. The monoisotopic (exact) mass is 290 g/mol. The Morgan fingerprint density at radius 1 is 1.24 bits per heavy atom. The van der Waals surface area contributed by atoms with E-state index < -0.39 is 0 Å². The van der Waals surface area contributed by atoms with Crippen molar-refractivity contribution in [3.05, 3.63) is 35.4 Å². The summed E-state index contributed by atoms with van der Waals surface area (Å²) >= 11 is 0. The molecule has 1 saturated heterocycles. The second-order valence-electron chi connectivity index (χ2n) is 5.52. The number of benzene rings is 1. The summed E-state index contributed by atoms with van der Waals surface area (Å²) in [7, 11) is 0. The standard InChI is InChI=1S/C17H26N2O2/c1-4-15-17(20)19(11-6-12-21-5-2)16(18-15)14-9-7-13(3)8-10-14/h7-10,15-16,18H,4-6,11-12H2,1-3H3. The Morgan fingerprint density at radius 3 is 2.57 bits per heavy atom. The summed E-state index contributed by atoms with van der Waals surface area (Å²) in [6, 6.07) is 8.34. The fourth-order valence-electron chi connectivity index (χ4n) is 2.72. The van der Waals surface area contributed by atoms with Crippen LogP contribution in [0, 0.1) is 6.92 Å². The predicted molar refractivity (Wildman–Crippen MR) is 84.0 cm³/mol. The lowest BCUT2D eigenvalue weighted by Crippen LogP contribution is -2.32. The molecule has 2 atom stereocenters. The Morgan fingerprint density at radius 2 is 1.95 bits per heavy atom. The molecule has 1 N–H and O–H groups in total. The zero-order chi connectivity index (χ0) is 15.2. The van der Waals surface area contributed by atoms with Crippen LogP contribution in [0.5, 0.6) is 0 Å². The van der Waals surface area contributed by atoms with E-state index in [1.807, 2.05) is 18.7 Å². The van der Waals surface area contributed by atoms with Gasteiger partial charge in [-0.1, -0.05) is 36.8 Å². The van der Waals surface area contributed by atoms with E-state index in [1.165, 1.54) is 5.56 Å². The van der Waals surface area contributed by atoms with Crippen molar-refractivity contribution in [2.24, 2.45) is 0 Å². The van der Waals surface area contributed by atoms with Gasteiger partial charge in [-0.2, -0.15) is 0 Å². The van der Waals surface area contributed by atoms with Gasteiger partial charge in [-0.25, -0.2) is 0 Å². The van der Waals surface area contributed by atoms with Crippen LogP contribution < -0.4 is 5.32 Å². The fraction of sp³-hybridized carbons (Fsp3) is 0.588. The molecule has 0 saturated carbocycles. The molecule has 0 spiro atoms. The largest absolute Gasteiger partial charge is 0.382 e. The minimum atomic E-state index is -0.0663. The molecular formula is C17H26N2O2. The van der Waals surface area contributed by atoms with Crippen LogP contribution in [-0.2, 0) is 9.53 Å². The van der Waals surface area contributed by atoms with Gasteiger partial charge in [-0.05, 0) is 32.3 Å². The first-order valence-electron chi connectivity index (χ1n) is 7.88. The van der Waals surface area contributed by atoms with Gasteiger partial charge in [0.2, 0.25) is 5.91 Å². The predicted octanol–water partition coefficient (Wildman–Crippen LogP) is 2.63. The molecule has 1 amide bonds. The highest BCUT2D eigenvalue weighted by Crippen LogP contribution is 2.26. The number of nitrogens with zero attached hydrogens (tertiary/aromatic N) is 1. The van der Waals surface area contributed by atoms with Gasteiger partial charge in [-0.3, -0.25) is 10.1 Å². The normalized spacial score (nSPS) is 22.0. The van der Waals surface area contributed by atoms with Crippen LogP contribution in [-0.4, -0.2) is 36.6 Å². The lowest BCUT2D eigenvalue weighted by atomic mass is 10.1. The Bertz CT molecular complexity index is 458. The third-order valence-electron chi connectivity index (χ3n) is 3.95. The van der Waals surface area contributed by atoms with Crippen LogP contribution >= 0.6 is 0 Å². The van der Waals surface area contributed by atoms with Crippen LogP contribution in [0.3, 0.4) is 0 Å². The van der Waals surface area contributed by atoms with E-state index in [0.29, 0.717) is 6.61 Å². The highest BCUT2D eigenvalue weighted by molar-refractivity contribution is 5.84. The SMILES string of the molecule is CCOCCCN1C(=O)C(CC)NC1c1ccc(C)cc1. The molecule has 0 aromatic heterocycles. The molecule has 1 aliphatic heterocycles. The Hall–Kier alpha value is -1.39. The van der Waals surface area contributed by atoms with Crippen molar-refractivity contribution in [2.75, 3.05) is 19.8 Å². The van der Waals surface area contributed by atoms with Gasteiger partial charge in [-0.15, -0.1) is 0 Å². The van der Waals surface area contributed by atoms with Crippen molar-refractivity contribution in [3.8, 4) is 0 Å². The van der Waals surface area contributed by atoms with Gasteiger partial charge in [0.1, 0.15) is 6.17 Å². The second kappa shape index (κ2) is 7.57. The number of hydrogen-bond donors (Lipinski definition) is 1. The Labute approximate surface area is 127 Å². The van der Waals surface area contributed by atoms with Crippen molar-refractivity contribution in [1.29, 1.82) is 0 Å². The van der Waals surface area contributed by atoms with Gasteiger partial charge < -0.3 is 9.64 Å². The van der Waals surface area contributed by atoms with E-state index in [9.17, 15) is 4.79 Å². The number of carbonyl (C=O) groups is 1. The summed E-state index contributed by atoms with van der Waals surface area (Å²) in [4.78, 5) is 14.4. The number of nitrogens with one attached hydrogen (secondary N) is 1. The summed E-state index contributed by atoms with van der Waals surface area (Å²) in [5.74, 6) is 0.208. The van der Waals surface area contributed by atoms with E-state index in [4.69, 9.17) is 4.74 Å². The molecule has 0 bridgehead atoms. The molecule has 0 aliphatic carbocycles. The van der Waals surface area contributed by atoms with Crippen molar-refractivity contribution in [1.82, 2.24) is 10.2 Å². The molecule has 2 rings (SSSR count). The van der Waals surface area contributed by atoms with Gasteiger partial charge in [0.15, 0.2) is 0 Å². The van der Waals surface area contributed by atoms with Crippen molar-refractivity contribution in [2.45, 2.75) is 45.8 Å². The molecule has 0 radical (unpaired) electrons. The first kappa shape index (κ1) is 16.0. The summed E-state index contributed by atoms with van der Waals surface area (Å²) < 4.78 is 5.38. The number of ether oxygens (including phenoxy) is 1. The van der Waals surface area contributed by atoms with E-state index in [2.05, 4.69) is 36.5 Å². The van der Waals surface area contributed by atoms with Gasteiger partial charge in [0.25, 0.3) is 0 Å². The summed E-state index contributed by atoms with van der Waals surface area (Å²) in [6.07, 6.45) is 1.69. The lowest BCUT2D eigenvalue weighted by molar-refractivity contribution is -0.130. The minimum Gasteiger partial charge on any atom is -0.382 e. The lowest BCUT2D eigenvalue weighted by Gasteiger charge is -2.24. The number of aryl methyl sites for hydroxylation is 1.